The molecule has 1 unspecified atom stereocenters. The van der Waals surface area contributed by atoms with Crippen molar-refractivity contribution in [2.45, 2.75) is 19.8 Å². The fraction of sp³-hybridized carbons (Fsp3) is 0.353. The van der Waals surface area contributed by atoms with Crippen LogP contribution in [0.5, 0.6) is 0 Å². The Kier molecular flexibility index (Phi) is 3.67. The van der Waals surface area contributed by atoms with Crippen molar-refractivity contribution < 1.29 is 14.7 Å². The van der Waals surface area contributed by atoms with Gasteiger partial charge in [-0.15, -0.1) is 0 Å². The predicted octanol–water partition coefficient (Wildman–Crippen LogP) is 1.85. The number of amides is 1. The summed E-state index contributed by atoms with van der Waals surface area (Å²) in [7, 11) is 0. The molecule has 1 aliphatic heterocycles. The Balaban J connectivity index is 2.01. The van der Waals surface area contributed by atoms with Gasteiger partial charge in [-0.05, 0) is 25.8 Å². The number of pyridine rings is 1. The highest BCUT2D eigenvalue weighted by Crippen LogP contribution is 2.31. The standard InChI is InChI=1S/C17H18N2O4/c1-17(16(22)23)7-4-8-19(10-17)15(21)12-9-14(20)18-13-6-3-2-5-11(12)13/h2-3,5-6,9H,4,7-8,10H2,1H3,(H,18,20)(H,22,23). The number of carbonyl (C=O) groups is 2. The minimum absolute atomic E-state index is 0.155. The van der Waals surface area contributed by atoms with E-state index in [0.29, 0.717) is 35.9 Å². The first-order chi connectivity index (χ1) is 10.9. The lowest BCUT2D eigenvalue weighted by Gasteiger charge is -2.37. The number of hydrogen-bond acceptors (Lipinski definition) is 3. The Morgan fingerprint density at radius 1 is 1.30 bits per heavy atom. The minimum Gasteiger partial charge on any atom is -0.481 e. The summed E-state index contributed by atoms with van der Waals surface area (Å²) in [6, 6.07) is 8.39. The maximum atomic E-state index is 12.9. The summed E-state index contributed by atoms with van der Waals surface area (Å²) in [5.74, 6) is -1.19. The van der Waals surface area contributed by atoms with E-state index in [-0.39, 0.29) is 18.0 Å². The number of fused-ring (bicyclic) bond motifs is 1. The molecule has 1 saturated heterocycles. The number of aromatic nitrogens is 1. The smallest absolute Gasteiger partial charge is 0.311 e. The summed E-state index contributed by atoms with van der Waals surface area (Å²) in [6.07, 6.45) is 1.18. The first kappa shape index (κ1) is 15.3. The lowest BCUT2D eigenvalue weighted by Crippen LogP contribution is -2.48. The number of hydrogen-bond donors (Lipinski definition) is 2. The number of aliphatic carboxylic acids is 1. The molecule has 1 aromatic heterocycles. The third kappa shape index (κ3) is 2.72. The van der Waals surface area contributed by atoms with Gasteiger partial charge in [0.1, 0.15) is 0 Å². The van der Waals surface area contributed by atoms with Crippen molar-refractivity contribution in [3.63, 3.8) is 0 Å². The fourth-order valence-electron chi connectivity index (χ4n) is 3.14. The SMILES string of the molecule is CC1(C(=O)O)CCCN(C(=O)c2cc(=O)[nH]c3ccccc23)C1. The van der Waals surface area contributed by atoms with Crippen molar-refractivity contribution in [1.82, 2.24) is 9.88 Å². The van der Waals surface area contributed by atoms with Gasteiger partial charge in [-0.3, -0.25) is 14.4 Å². The molecule has 120 valence electrons. The number of aromatic amines is 1. The van der Waals surface area contributed by atoms with Crippen LogP contribution in [0.15, 0.2) is 35.1 Å². The Labute approximate surface area is 132 Å². The van der Waals surface area contributed by atoms with E-state index in [0.717, 1.165) is 0 Å². The quantitative estimate of drug-likeness (QED) is 0.885. The van der Waals surface area contributed by atoms with E-state index in [2.05, 4.69) is 4.98 Å². The van der Waals surface area contributed by atoms with Crippen LogP contribution in [0.2, 0.25) is 0 Å². The molecule has 0 bridgehead atoms. The first-order valence-corrected chi connectivity index (χ1v) is 7.55. The molecular weight excluding hydrogens is 296 g/mol. The number of benzene rings is 1. The summed E-state index contributed by atoms with van der Waals surface area (Å²) in [5, 5.41) is 10.1. The Hall–Kier alpha value is -2.63. The van der Waals surface area contributed by atoms with E-state index < -0.39 is 11.4 Å². The number of H-pyrrole nitrogens is 1. The molecule has 1 aromatic carbocycles. The molecule has 1 aliphatic rings. The Morgan fingerprint density at radius 3 is 2.78 bits per heavy atom. The zero-order valence-electron chi connectivity index (χ0n) is 12.8. The maximum absolute atomic E-state index is 12.9. The van der Waals surface area contributed by atoms with E-state index in [9.17, 15) is 19.5 Å². The van der Waals surface area contributed by atoms with Crippen LogP contribution in [0.25, 0.3) is 10.9 Å². The number of nitrogens with one attached hydrogen (secondary N) is 1. The van der Waals surface area contributed by atoms with Crippen LogP contribution in [-0.2, 0) is 4.79 Å². The zero-order chi connectivity index (χ0) is 16.6. The topological polar surface area (TPSA) is 90.5 Å². The van der Waals surface area contributed by atoms with Crippen molar-refractivity contribution in [2.75, 3.05) is 13.1 Å². The van der Waals surface area contributed by atoms with Crippen LogP contribution in [0.1, 0.15) is 30.1 Å². The molecule has 2 N–H and O–H groups in total. The highest BCUT2D eigenvalue weighted by molar-refractivity contribution is 6.06. The van der Waals surface area contributed by atoms with Crippen LogP contribution >= 0.6 is 0 Å². The van der Waals surface area contributed by atoms with Crippen LogP contribution in [-0.4, -0.2) is 40.0 Å². The number of likely N-dealkylation sites (tertiary alicyclic amines) is 1. The van der Waals surface area contributed by atoms with Gasteiger partial charge in [0.25, 0.3) is 5.91 Å². The minimum atomic E-state index is -0.940. The molecule has 6 nitrogen and oxygen atoms in total. The number of carboxylic acid groups (broad SMARTS) is 1. The van der Waals surface area contributed by atoms with Gasteiger partial charge in [0.05, 0.1) is 11.0 Å². The third-order valence-corrected chi connectivity index (χ3v) is 4.48. The second-order valence-corrected chi connectivity index (χ2v) is 6.29. The average Bonchev–Trinajstić information content (AvgIpc) is 2.53. The summed E-state index contributed by atoms with van der Waals surface area (Å²) in [5.41, 5.74) is -0.365. The second kappa shape index (κ2) is 5.53. The van der Waals surface area contributed by atoms with Crippen molar-refractivity contribution in [2.24, 2.45) is 5.41 Å². The normalized spacial score (nSPS) is 21.3. The number of carboxylic acids is 1. The second-order valence-electron chi connectivity index (χ2n) is 6.29. The highest BCUT2D eigenvalue weighted by Gasteiger charge is 2.39. The van der Waals surface area contributed by atoms with E-state index in [1.807, 2.05) is 0 Å². The summed E-state index contributed by atoms with van der Waals surface area (Å²) in [6.45, 7) is 2.32. The molecule has 0 radical (unpaired) electrons. The van der Waals surface area contributed by atoms with Crippen molar-refractivity contribution in [1.29, 1.82) is 0 Å². The largest absolute Gasteiger partial charge is 0.481 e. The summed E-state index contributed by atoms with van der Waals surface area (Å²) < 4.78 is 0. The van der Waals surface area contributed by atoms with Gasteiger partial charge in [0.2, 0.25) is 5.56 Å². The molecule has 6 heteroatoms. The molecule has 3 rings (SSSR count). The number of nitrogens with zero attached hydrogens (tertiary/aromatic N) is 1. The van der Waals surface area contributed by atoms with Gasteiger partial charge in [0, 0.05) is 30.1 Å². The molecule has 23 heavy (non-hydrogen) atoms. The molecule has 0 aliphatic carbocycles. The highest BCUT2D eigenvalue weighted by atomic mass is 16.4. The van der Waals surface area contributed by atoms with Crippen molar-refractivity contribution in [3.05, 3.63) is 46.2 Å². The molecule has 1 atom stereocenters. The maximum Gasteiger partial charge on any atom is 0.311 e. The molecular formula is C17H18N2O4. The summed E-state index contributed by atoms with van der Waals surface area (Å²) in [4.78, 5) is 40.4. The van der Waals surface area contributed by atoms with E-state index in [1.165, 1.54) is 6.07 Å². The zero-order valence-corrected chi connectivity index (χ0v) is 12.8. The van der Waals surface area contributed by atoms with Gasteiger partial charge < -0.3 is 15.0 Å². The van der Waals surface area contributed by atoms with Gasteiger partial charge in [-0.25, -0.2) is 0 Å². The van der Waals surface area contributed by atoms with E-state index >= 15 is 0 Å². The van der Waals surface area contributed by atoms with Gasteiger partial charge in [-0.1, -0.05) is 18.2 Å². The van der Waals surface area contributed by atoms with Gasteiger partial charge in [-0.2, -0.15) is 0 Å². The molecule has 1 amide bonds. The average molecular weight is 314 g/mol. The Morgan fingerprint density at radius 2 is 2.04 bits per heavy atom. The van der Waals surface area contributed by atoms with Crippen LogP contribution < -0.4 is 5.56 Å². The van der Waals surface area contributed by atoms with Gasteiger partial charge in [0.15, 0.2) is 0 Å². The predicted molar refractivity (Wildman–Crippen MR) is 85.4 cm³/mol. The van der Waals surface area contributed by atoms with Crippen LogP contribution in [0.4, 0.5) is 0 Å². The van der Waals surface area contributed by atoms with Crippen LogP contribution in [0, 0.1) is 5.41 Å². The van der Waals surface area contributed by atoms with E-state index in [4.69, 9.17) is 0 Å². The van der Waals surface area contributed by atoms with Gasteiger partial charge >= 0.3 is 5.97 Å². The van der Waals surface area contributed by atoms with E-state index in [1.54, 1.807) is 36.1 Å². The number of piperidine rings is 1. The molecule has 1 fully saturated rings. The molecule has 2 heterocycles. The summed E-state index contributed by atoms with van der Waals surface area (Å²) >= 11 is 0. The number of carbonyl (C=O) groups excluding carboxylic acids is 1. The molecule has 0 saturated carbocycles. The fourth-order valence-corrected chi connectivity index (χ4v) is 3.14. The van der Waals surface area contributed by atoms with Crippen molar-refractivity contribution in [3.8, 4) is 0 Å². The monoisotopic (exact) mass is 314 g/mol. The number of rotatable bonds is 2. The third-order valence-electron chi connectivity index (χ3n) is 4.48. The van der Waals surface area contributed by atoms with Crippen molar-refractivity contribution >= 4 is 22.8 Å². The lowest BCUT2D eigenvalue weighted by molar-refractivity contribution is -0.150. The first-order valence-electron chi connectivity index (χ1n) is 7.55. The van der Waals surface area contributed by atoms with Crippen LogP contribution in [0.3, 0.4) is 0 Å². The lowest BCUT2D eigenvalue weighted by atomic mass is 9.82. The molecule has 0 spiro atoms. The number of para-hydroxylation sites is 1. The Bertz CT molecular complexity index is 842. The molecule has 2 aromatic rings.